The highest BCUT2D eigenvalue weighted by atomic mass is 79.9. The molecule has 6 heteroatoms. The van der Waals surface area contributed by atoms with Gasteiger partial charge in [-0.1, -0.05) is 64.5 Å². The summed E-state index contributed by atoms with van der Waals surface area (Å²) in [6, 6.07) is 25.1. The summed E-state index contributed by atoms with van der Waals surface area (Å²) in [6.07, 6.45) is 3.95. The van der Waals surface area contributed by atoms with Crippen LogP contribution >= 0.6 is 27.7 Å². The first-order valence-electron chi connectivity index (χ1n) is 11.5. The molecule has 35 heavy (non-hydrogen) atoms. The van der Waals surface area contributed by atoms with Crippen molar-refractivity contribution in [2.75, 3.05) is 11.2 Å². The Balaban J connectivity index is 1.82. The fraction of sp³-hybridized carbons (Fsp3) is 0.172. The van der Waals surface area contributed by atoms with Crippen molar-refractivity contribution in [2.45, 2.75) is 30.1 Å². The minimum Gasteiger partial charge on any atom is -0.507 e. The summed E-state index contributed by atoms with van der Waals surface area (Å²) in [5.74, 6) is -0.211. The Morgan fingerprint density at radius 1 is 1.03 bits per heavy atom. The number of amidine groups is 1. The molecule has 0 aromatic heterocycles. The summed E-state index contributed by atoms with van der Waals surface area (Å²) in [4.78, 5) is 16.5. The fourth-order valence-corrected chi connectivity index (χ4v) is 5.77. The van der Waals surface area contributed by atoms with Crippen molar-refractivity contribution in [3.8, 4) is 0 Å². The second-order valence-corrected chi connectivity index (χ2v) is 10.4. The number of rotatable bonds is 4. The van der Waals surface area contributed by atoms with Crippen LogP contribution in [0.5, 0.6) is 0 Å². The molecule has 0 saturated carbocycles. The lowest BCUT2D eigenvalue weighted by Crippen LogP contribution is -2.42. The topological polar surface area (TPSA) is 64.4 Å². The second-order valence-electron chi connectivity index (χ2n) is 8.64. The Labute approximate surface area is 218 Å². The van der Waals surface area contributed by atoms with E-state index in [2.05, 4.69) is 15.9 Å². The number of carbonyl (C=O) groups is 1. The van der Waals surface area contributed by atoms with Crippen LogP contribution in [0.25, 0.3) is 5.76 Å². The van der Waals surface area contributed by atoms with E-state index in [4.69, 9.17) is 0 Å². The number of Topliss-reactive ketones (excluding diaryl/α,β-unsaturated/α-hetero) is 1. The Morgan fingerprint density at radius 3 is 2.46 bits per heavy atom. The summed E-state index contributed by atoms with van der Waals surface area (Å²) >= 11 is 5.20. The first-order chi connectivity index (χ1) is 17.0. The van der Waals surface area contributed by atoms with E-state index in [1.54, 1.807) is 11.8 Å². The number of ketones is 1. The van der Waals surface area contributed by atoms with Gasteiger partial charge in [-0.25, -0.2) is 0 Å². The number of allylic oxidation sites excluding steroid dienone is 2. The van der Waals surface area contributed by atoms with E-state index >= 15 is 0 Å². The highest BCUT2D eigenvalue weighted by molar-refractivity contribution is 9.10. The Bertz CT molecular complexity index is 1360. The summed E-state index contributed by atoms with van der Waals surface area (Å²) in [5, 5.41) is 21.0. The van der Waals surface area contributed by atoms with Crippen LogP contribution in [0.3, 0.4) is 0 Å². The summed E-state index contributed by atoms with van der Waals surface area (Å²) in [6.45, 7) is 0. The van der Waals surface area contributed by atoms with Crippen LogP contribution in [0.1, 0.15) is 36.3 Å². The van der Waals surface area contributed by atoms with Crippen molar-refractivity contribution in [3.05, 3.63) is 111 Å². The SMILES string of the molecule is CSc1ccc(C2C3=C(CCCC3=O)N(c3cccc(Br)c3)C(=N)/C2=C(/O)c2ccccc2)cc1. The third-order valence-electron chi connectivity index (χ3n) is 6.57. The molecule has 0 bridgehead atoms. The average molecular weight is 546 g/mol. The number of hydrogen-bond donors (Lipinski definition) is 2. The summed E-state index contributed by atoms with van der Waals surface area (Å²) in [7, 11) is 0. The molecule has 0 saturated heterocycles. The molecule has 0 radical (unpaired) electrons. The number of thioether (sulfide) groups is 1. The van der Waals surface area contributed by atoms with Crippen LogP contribution in [0.4, 0.5) is 5.69 Å². The quantitative estimate of drug-likeness (QED) is 0.260. The zero-order valence-corrected chi connectivity index (χ0v) is 21.7. The summed E-state index contributed by atoms with van der Waals surface area (Å²) in [5.41, 5.74) is 4.30. The molecule has 1 heterocycles. The first kappa shape index (κ1) is 23.6. The van der Waals surface area contributed by atoms with E-state index in [1.165, 1.54) is 0 Å². The predicted octanol–water partition coefficient (Wildman–Crippen LogP) is 7.73. The lowest BCUT2D eigenvalue weighted by molar-refractivity contribution is -0.116. The van der Waals surface area contributed by atoms with Gasteiger partial charge >= 0.3 is 0 Å². The van der Waals surface area contributed by atoms with Gasteiger partial charge in [0.1, 0.15) is 11.6 Å². The molecule has 0 spiro atoms. The monoisotopic (exact) mass is 544 g/mol. The molecule has 1 unspecified atom stereocenters. The van der Waals surface area contributed by atoms with E-state index in [0.717, 1.165) is 32.7 Å². The lowest BCUT2D eigenvalue weighted by Gasteiger charge is -2.42. The smallest absolute Gasteiger partial charge is 0.161 e. The molecule has 0 amide bonds. The molecule has 5 rings (SSSR count). The number of aliphatic hydroxyl groups is 1. The van der Waals surface area contributed by atoms with Crippen molar-refractivity contribution in [3.63, 3.8) is 0 Å². The van der Waals surface area contributed by atoms with Crippen LogP contribution in [0.2, 0.25) is 0 Å². The zero-order chi connectivity index (χ0) is 24.5. The maximum absolute atomic E-state index is 13.5. The largest absolute Gasteiger partial charge is 0.507 e. The van der Waals surface area contributed by atoms with Crippen molar-refractivity contribution < 1.29 is 9.90 Å². The van der Waals surface area contributed by atoms with Gasteiger partial charge in [0.15, 0.2) is 5.78 Å². The molecule has 0 fully saturated rings. The van der Waals surface area contributed by atoms with Gasteiger partial charge in [0.2, 0.25) is 0 Å². The minimum absolute atomic E-state index is 0.0273. The van der Waals surface area contributed by atoms with E-state index in [-0.39, 0.29) is 17.4 Å². The molecule has 4 nitrogen and oxygen atoms in total. The molecule has 2 N–H and O–H groups in total. The molecule has 2 aliphatic rings. The Morgan fingerprint density at radius 2 is 1.77 bits per heavy atom. The number of carbonyl (C=O) groups excluding carboxylic acids is 1. The van der Waals surface area contributed by atoms with Gasteiger partial charge in [-0.15, -0.1) is 11.8 Å². The predicted molar refractivity (Wildman–Crippen MR) is 147 cm³/mol. The number of aliphatic hydroxyl groups excluding tert-OH is 1. The maximum Gasteiger partial charge on any atom is 0.161 e. The highest BCUT2D eigenvalue weighted by Gasteiger charge is 2.43. The molecular weight excluding hydrogens is 520 g/mol. The van der Waals surface area contributed by atoms with E-state index in [1.807, 2.05) is 90.0 Å². The van der Waals surface area contributed by atoms with Crippen LogP contribution in [0, 0.1) is 5.41 Å². The third-order valence-corrected chi connectivity index (χ3v) is 7.81. The van der Waals surface area contributed by atoms with Gasteiger partial charge in [-0.2, -0.15) is 0 Å². The minimum atomic E-state index is -0.509. The number of hydrogen-bond acceptors (Lipinski definition) is 4. The molecule has 1 atom stereocenters. The van der Waals surface area contributed by atoms with E-state index in [9.17, 15) is 15.3 Å². The van der Waals surface area contributed by atoms with Crippen LogP contribution in [0.15, 0.2) is 105 Å². The molecule has 1 aliphatic carbocycles. The van der Waals surface area contributed by atoms with Gasteiger partial charge < -0.3 is 5.11 Å². The Hall–Kier alpha value is -3.09. The maximum atomic E-state index is 13.5. The zero-order valence-electron chi connectivity index (χ0n) is 19.3. The number of anilines is 1. The molecule has 3 aromatic carbocycles. The number of halogens is 1. The molecule has 1 aliphatic heterocycles. The highest BCUT2D eigenvalue weighted by Crippen LogP contribution is 2.48. The molecule has 176 valence electrons. The van der Waals surface area contributed by atoms with Gasteiger partial charge in [0.25, 0.3) is 0 Å². The van der Waals surface area contributed by atoms with Crippen molar-refractivity contribution in [1.82, 2.24) is 0 Å². The van der Waals surface area contributed by atoms with Gasteiger partial charge in [-0.05, 0) is 55.0 Å². The second kappa shape index (κ2) is 9.88. The third kappa shape index (κ3) is 4.37. The van der Waals surface area contributed by atoms with Crippen LogP contribution in [-0.4, -0.2) is 23.0 Å². The lowest BCUT2D eigenvalue weighted by atomic mass is 9.73. The number of benzene rings is 3. The van der Waals surface area contributed by atoms with E-state index in [0.29, 0.717) is 29.6 Å². The molecular formula is C29H25BrN2O2S. The number of nitrogens with one attached hydrogen (secondary N) is 1. The van der Waals surface area contributed by atoms with Crippen LogP contribution in [-0.2, 0) is 4.79 Å². The van der Waals surface area contributed by atoms with Gasteiger partial charge in [0.05, 0.1) is 0 Å². The van der Waals surface area contributed by atoms with Crippen molar-refractivity contribution in [1.29, 1.82) is 5.41 Å². The first-order valence-corrected chi connectivity index (χ1v) is 13.5. The van der Waals surface area contributed by atoms with Crippen LogP contribution < -0.4 is 4.90 Å². The normalized spacial score (nSPS) is 19.6. The summed E-state index contributed by atoms with van der Waals surface area (Å²) < 4.78 is 0.889. The average Bonchev–Trinajstić information content (AvgIpc) is 2.88. The standard InChI is InChI=1S/C29H25BrN2O2S/c1-35-22-15-13-18(14-16-22)25-26-23(11-6-12-24(26)33)32(21-10-5-9-20(30)17-21)29(31)27(25)28(34)19-7-3-2-4-8-19/h2-5,7-10,13-17,25,31,34H,6,11-12H2,1H3/b28-27+,31-29?. The Kier molecular flexibility index (Phi) is 6.67. The van der Waals surface area contributed by atoms with Gasteiger partial charge in [0, 0.05) is 49.8 Å². The van der Waals surface area contributed by atoms with Crippen molar-refractivity contribution >= 4 is 50.8 Å². The number of nitrogens with zero attached hydrogens (tertiary/aromatic N) is 1. The van der Waals surface area contributed by atoms with Gasteiger partial charge in [-0.3, -0.25) is 15.1 Å². The van der Waals surface area contributed by atoms with Crippen molar-refractivity contribution in [2.24, 2.45) is 0 Å². The van der Waals surface area contributed by atoms with E-state index < -0.39 is 5.92 Å². The molecule has 3 aromatic rings. The fourth-order valence-electron chi connectivity index (χ4n) is 4.97.